The highest BCUT2D eigenvalue weighted by Gasteiger charge is 2.25. The summed E-state index contributed by atoms with van der Waals surface area (Å²) in [7, 11) is 0. The van der Waals surface area contributed by atoms with E-state index in [1.54, 1.807) is 12.1 Å². The van der Waals surface area contributed by atoms with Gasteiger partial charge in [0.05, 0.1) is 12.3 Å². The SMILES string of the molecule is C=C(C1CCSCC1)N(Cc1ccc(C2=NN=C(C(F)F)C2)cc1F)c1ccccc1. The van der Waals surface area contributed by atoms with Crippen LogP contribution in [-0.4, -0.2) is 29.4 Å². The summed E-state index contributed by atoms with van der Waals surface area (Å²) < 4.78 is 40.7. The number of allylic oxidation sites excluding steroid dienone is 1. The lowest BCUT2D eigenvalue weighted by atomic mass is 9.97. The Morgan fingerprint density at radius 3 is 2.48 bits per heavy atom. The van der Waals surface area contributed by atoms with Gasteiger partial charge in [0.1, 0.15) is 11.5 Å². The van der Waals surface area contributed by atoms with Crippen LogP contribution < -0.4 is 4.90 Å². The number of nitrogens with zero attached hydrogens (tertiary/aromatic N) is 3. The molecule has 2 aliphatic rings. The van der Waals surface area contributed by atoms with Gasteiger partial charge in [-0.1, -0.05) is 36.9 Å². The van der Waals surface area contributed by atoms with Gasteiger partial charge >= 0.3 is 0 Å². The van der Waals surface area contributed by atoms with E-state index < -0.39 is 12.2 Å². The minimum absolute atomic E-state index is 0.0525. The van der Waals surface area contributed by atoms with Gasteiger partial charge in [0, 0.05) is 34.9 Å². The molecule has 162 valence electrons. The molecule has 2 aliphatic heterocycles. The molecule has 0 saturated carbocycles. The lowest BCUT2D eigenvalue weighted by Gasteiger charge is -2.34. The molecule has 0 aromatic heterocycles. The highest BCUT2D eigenvalue weighted by Crippen LogP contribution is 2.33. The Kier molecular flexibility index (Phi) is 6.80. The van der Waals surface area contributed by atoms with Crippen molar-refractivity contribution in [3.8, 4) is 0 Å². The molecule has 1 saturated heterocycles. The van der Waals surface area contributed by atoms with Crippen LogP contribution in [0.25, 0.3) is 0 Å². The van der Waals surface area contributed by atoms with Gasteiger partial charge in [-0.2, -0.15) is 22.0 Å². The molecule has 3 nitrogen and oxygen atoms in total. The Bertz CT molecular complexity index is 998. The van der Waals surface area contributed by atoms with Crippen LogP contribution in [-0.2, 0) is 6.54 Å². The van der Waals surface area contributed by atoms with Gasteiger partial charge in [-0.25, -0.2) is 13.2 Å². The van der Waals surface area contributed by atoms with Gasteiger partial charge in [0.15, 0.2) is 0 Å². The normalized spacial score (nSPS) is 16.9. The van der Waals surface area contributed by atoms with E-state index in [1.807, 2.05) is 42.1 Å². The van der Waals surface area contributed by atoms with Crippen molar-refractivity contribution in [2.75, 3.05) is 16.4 Å². The third kappa shape index (κ3) is 5.03. The van der Waals surface area contributed by atoms with E-state index in [-0.39, 0.29) is 12.1 Å². The van der Waals surface area contributed by atoms with E-state index in [0.717, 1.165) is 35.7 Å². The van der Waals surface area contributed by atoms with Gasteiger partial charge < -0.3 is 4.90 Å². The second-order valence-corrected chi connectivity index (χ2v) is 8.95. The maximum absolute atomic E-state index is 15.0. The molecule has 31 heavy (non-hydrogen) atoms. The Balaban J connectivity index is 1.55. The van der Waals surface area contributed by atoms with Gasteiger partial charge in [-0.15, -0.1) is 0 Å². The molecule has 0 atom stereocenters. The zero-order valence-corrected chi connectivity index (χ0v) is 17.9. The molecule has 0 amide bonds. The van der Waals surface area contributed by atoms with Crippen LogP contribution in [0.5, 0.6) is 0 Å². The molecule has 1 fully saturated rings. The fourth-order valence-corrected chi connectivity index (χ4v) is 5.00. The summed E-state index contributed by atoms with van der Waals surface area (Å²) in [6, 6.07) is 14.7. The van der Waals surface area contributed by atoms with Gasteiger partial charge in [-0.05, 0) is 42.5 Å². The number of para-hydroxylation sites is 1. The maximum Gasteiger partial charge on any atom is 0.278 e. The van der Waals surface area contributed by atoms with E-state index >= 15 is 4.39 Å². The van der Waals surface area contributed by atoms with Crippen molar-refractivity contribution in [1.82, 2.24) is 0 Å². The molecule has 0 aliphatic carbocycles. The number of benzene rings is 2. The van der Waals surface area contributed by atoms with Crippen LogP contribution in [0.1, 0.15) is 30.4 Å². The molecule has 0 radical (unpaired) electrons. The smallest absolute Gasteiger partial charge is 0.278 e. The first-order valence-electron chi connectivity index (χ1n) is 10.3. The summed E-state index contributed by atoms with van der Waals surface area (Å²) in [6.07, 6.45) is -0.557. The molecule has 0 bridgehead atoms. The number of halogens is 3. The Labute approximate surface area is 184 Å². The standard InChI is InChI=1S/C24H24F3N3S/c1-16(17-9-11-31-12-10-17)30(20-5-3-2-4-6-20)15-19-8-7-18(13-21(19)25)22-14-23(24(26)27)29-28-22/h2-8,13,17,24H,1,9-12,14-15H2. The number of anilines is 1. The van der Waals surface area contributed by atoms with Gasteiger partial charge in [-0.3, -0.25) is 0 Å². The number of rotatable bonds is 7. The third-order valence-electron chi connectivity index (χ3n) is 5.72. The first-order chi connectivity index (χ1) is 15.0. The van der Waals surface area contributed by atoms with Crippen molar-refractivity contribution in [2.45, 2.75) is 32.2 Å². The van der Waals surface area contributed by atoms with Crippen LogP contribution in [0.3, 0.4) is 0 Å². The zero-order valence-electron chi connectivity index (χ0n) is 17.1. The molecule has 0 unspecified atom stereocenters. The molecule has 7 heteroatoms. The average Bonchev–Trinajstić information content (AvgIpc) is 3.30. The number of hydrogen-bond acceptors (Lipinski definition) is 4. The van der Waals surface area contributed by atoms with Crippen molar-refractivity contribution in [3.05, 3.63) is 77.8 Å². The maximum atomic E-state index is 15.0. The molecule has 2 heterocycles. The van der Waals surface area contributed by atoms with E-state index in [2.05, 4.69) is 21.7 Å². The molecule has 2 aromatic carbocycles. The lowest BCUT2D eigenvalue weighted by molar-refractivity contribution is 0.224. The summed E-state index contributed by atoms with van der Waals surface area (Å²) in [6.45, 7) is 4.73. The first kappa shape index (κ1) is 21.7. The van der Waals surface area contributed by atoms with Crippen LogP contribution in [0.4, 0.5) is 18.9 Å². The summed E-state index contributed by atoms with van der Waals surface area (Å²) in [5, 5.41) is 7.33. The Morgan fingerprint density at radius 1 is 1.10 bits per heavy atom. The van der Waals surface area contributed by atoms with Crippen molar-refractivity contribution in [3.63, 3.8) is 0 Å². The average molecular weight is 444 g/mol. The van der Waals surface area contributed by atoms with E-state index in [9.17, 15) is 8.78 Å². The molecule has 2 aromatic rings. The van der Waals surface area contributed by atoms with Crippen LogP contribution in [0, 0.1) is 11.7 Å². The second-order valence-electron chi connectivity index (χ2n) is 7.72. The monoisotopic (exact) mass is 443 g/mol. The largest absolute Gasteiger partial charge is 0.341 e. The highest BCUT2D eigenvalue weighted by atomic mass is 32.2. The van der Waals surface area contributed by atoms with Crippen LogP contribution in [0.2, 0.25) is 0 Å². The Morgan fingerprint density at radius 2 is 1.84 bits per heavy atom. The topological polar surface area (TPSA) is 28.0 Å². The van der Waals surface area contributed by atoms with E-state index in [1.165, 1.54) is 6.07 Å². The van der Waals surface area contributed by atoms with Crippen molar-refractivity contribution < 1.29 is 13.2 Å². The second kappa shape index (κ2) is 9.73. The lowest BCUT2D eigenvalue weighted by Crippen LogP contribution is -2.28. The fourth-order valence-electron chi connectivity index (χ4n) is 3.89. The molecule has 0 N–H and O–H groups in total. The van der Waals surface area contributed by atoms with Crippen LogP contribution in [0.15, 0.2) is 71.0 Å². The number of alkyl halides is 2. The number of hydrogen-bond donors (Lipinski definition) is 0. The van der Waals surface area contributed by atoms with Crippen molar-refractivity contribution >= 4 is 28.9 Å². The number of thioether (sulfide) groups is 1. The molecule has 0 spiro atoms. The predicted molar refractivity (Wildman–Crippen MR) is 123 cm³/mol. The zero-order chi connectivity index (χ0) is 21.8. The summed E-state index contributed by atoms with van der Waals surface area (Å²) >= 11 is 1.96. The highest BCUT2D eigenvalue weighted by molar-refractivity contribution is 7.99. The molecular formula is C24H24F3N3S. The fraction of sp³-hybridized carbons (Fsp3) is 0.333. The van der Waals surface area contributed by atoms with Crippen molar-refractivity contribution in [1.29, 1.82) is 0 Å². The van der Waals surface area contributed by atoms with Crippen LogP contribution >= 0.6 is 11.8 Å². The van der Waals surface area contributed by atoms with E-state index in [0.29, 0.717) is 29.3 Å². The predicted octanol–water partition coefficient (Wildman–Crippen LogP) is 6.30. The van der Waals surface area contributed by atoms with Crippen molar-refractivity contribution in [2.24, 2.45) is 16.1 Å². The molecular weight excluding hydrogens is 419 g/mol. The summed E-state index contributed by atoms with van der Waals surface area (Å²) in [4.78, 5) is 2.09. The van der Waals surface area contributed by atoms with Gasteiger partial charge in [0.2, 0.25) is 0 Å². The first-order valence-corrected chi connectivity index (χ1v) is 11.5. The van der Waals surface area contributed by atoms with Gasteiger partial charge in [0.25, 0.3) is 6.43 Å². The minimum Gasteiger partial charge on any atom is -0.341 e. The third-order valence-corrected chi connectivity index (χ3v) is 6.77. The summed E-state index contributed by atoms with van der Waals surface area (Å²) in [5.74, 6) is 2.21. The quantitative estimate of drug-likeness (QED) is 0.502. The van der Waals surface area contributed by atoms with E-state index in [4.69, 9.17) is 0 Å². The summed E-state index contributed by atoms with van der Waals surface area (Å²) in [5.41, 5.74) is 3.07. The molecule has 4 rings (SSSR count). The minimum atomic E-state index is -2.64. The Hall–Kier alpha value is -2.54.